The molecule has 188 valence electrons. The van der Waals surface area contributed by atoms with Crippen LogP contribution in [0.15, 0.2) is 30.3 Å². The van der Waals surface area contributed by atoms with Crippen molar-refractivity contribution in [1.82, 2.24) is 20.0 Å². The van der Waals surface area contributed by atoms with E-state index < -0.39 is 5.54 Å². The van der Waals surface area contributed by atoms with Crippen molar-refractivity contribution in [2.24, 2.45) is 0 Å². The highest BCUT2D eigenvalue weighted by molar-refractivity contribution is 6.00. The number of carbonyl (C=O) groups is 2. The number of fused-ring (bicyclic) bond motifs is 1. The number of hydrogen-bond donors (Lipinski definition) is 1. The predicted molar refractivity (Wildman–Crippen MR) is 138 cm³/mol. The first-order valence-corrected chi connectivity index (χ1v) is 13.7. The zero-order chi connectivity index (χ0) is 24.6. The first-order valence-electron chi connectivity index (χ1n) is 13.7. The Bertz CT molecular complexity index is 1060. The molecule has 0 radical (unpaired) electrons. The Labute approximate surface area is 209 Å². The van der Waals surface area contributed by atoms with Crippen LogP contribution in [0.1, 0.15) is 107 Å². The first kappa shape index (κ1) is 24.1. The smallest absolute Gasteiger partial charge is 0.273 e. The summed E-state index contributed by atoms with van der Waals surface area (Å²) in [5, 5.41) is 8.17. The Hall–Kier alpha value is -2.63. The Morgan fingerprint density at radius 2 is 1.63 bits per heavy atom. The lowest BCUT2D eigenvalue weighted by Gasteiger charge is -2.48. The van der Waals surface area contributed by atoms with Crippen LogP contribution in [0, 0.1) is 0 Å². The van der Waals surface area contributed by atoms with Crippen molar-refractivity contribution >= 4 is 11.8 Å². The van der Waals surface area contributed by atoms with E-state index in [9.17, 15) is 9.59 Å². The third kappa shape index (κ3) is 4.64. The van der Waals surface area contributed by atoms with Crippen LogP contribution in [0.4, 0.5) is 0 Å². The number of carbonyl (C=O) groups excluding carboxylic acids is 2. The quantitative estimate of drug-likeness (QED) is 0.605. The summed E-state index contributed by atoms with van der Waals surface area (Å²) < 4.78 is 1.79. The van der Waals surface area contributed by atoms with Gasteiger partial charge in [-0.1, -0.05) is 76.6 Å². The van der Waals surface area contributed by atoms with E-state index in [2.05, 4.69) is 43.4 Å². The molecule has 6 nitrogen and oxygen atoms in total. The maximum atomic E-state index is 14.0. The number of benzene rings is 1. The molecule has 1 aromatic heterocycles. The van der Waals surface area contributed by atoms with E-state index in [0.29, 0.717) is 18.2 Å². The summed E-state index contributed by atoms with van der Waals surface area (Å²) in [4.78, 5) is 29.8. The SMILES string of the molecule is CC(C)c1ccc(-c2cc3n(n2)C[C@](C)(C(=O)NC2CCCCC2)N(C2CCCCC2)C3=O)cc1. The topological polar surface area (TPSA) is 67.2 Å². The molecule has 0 bridgehead atoms. The molecule has 2 heterocycles. The molecule has 5 rings (SSSR count). The highest BCUT2D eigenvalue weighted by Gasteiger charge is 2.51. The van der Waals surface area contributed by atoms with Gasteiger partial charge < -0.3 is 10.2 Å². The highest BCUT2D eigenvalue weighted by atomic mass is 16.2. The summed E-state index contributed by atoms with van der Waals surface area (Å²) in [5.41, 5.74) is 2.74. The number of rotatable bonds is 5. The van der Waals surface area contributed by atoms with Crippen LogP contribution in [0.5, 0.6) is 0 Å². The molecular weight excluding hydrogens is 436 g/mol. The van der Waals surface area contributed by atoms with Gasteiger partial charge in [0.15, 0.2) is 0 Å². The van der Waals surface area contributed by atoms with Crippen molar-refractivity contribution in [3.8, 4) is 11.3 Å². The van der Waals surface area contributed by atoms with E-state index in [4.69, 9.17) is 5.10 Å². The average molecular weight is 477 g/mol. The summed E-state index contributed by atoms with van der Waals surface area (Å²) >= 11 is 0. The van der Waals surface area contributed by atoms with Gasteiger partial charge in [0.2, 0.25) is 5.91 Å². The fourth-order valence-corrected chi connectivity index (χ4v) is 6.28. The highest BCUT2D eigenvalue weighted by Crippen LogP contribution is 2.36. The van der Waals surface area contributed by atoms with Gasteiger partial charge in [-0.25, -0.2) is 0 Å². The molecule has 1 aliphatic heterocycles. The fourth-order valence-electron chi connectivity index (χ4n) is 6.28. The van der Waals surface area contributed by atoms with E-state index in [-0.39, 0.29) is 23.9 Å². The minimum absolute atomic E-state index is 0.0210. The number of amides is 2. The normalized spacial score (nSPS) is 24.0. The minimum Gasteiger partial charge on any atom is -0.351 e. The van der Waals surface area contributed by atoms with Crippen LogP contribution in [0.3, 0.4) is 0 Å². The standard InChI is InChI=1S/C29H40N4O2/c1-20(2)21-14-16-22(17-15-21)25-18-26-27(34)33(24-12-8-5-9-13-24)29(3,19-32(26)31-25)28(35)30-23-10-6-4-7-11-23/h14-18,20,23-24H,4-13,19H2,1-3H3,(H,30,35)/t29-/m1/s1. The summed E-state index contributed by atoms with van der Waals surface area (Å²) in [6, 6.07) is 10.7. The van der Waals surface area contributed by atoms with Crippen molar-refractivity contribution < 1.29 is 9.59 Å². The summed E-state index contributed by atoms with van der Waals surface area (Å²) in [6.07, 6.45) is 11.0. The molecule has 3 aliphatic rings. The van der Waals surface area contributed by atoms with Crippen LogP contribution < -0.4 is 5.32 Å². The fraction of sp³-hybridized carbons (Fsp3) is 0.621. The molecule has 1 N–H and O–H groups in total. The van der Waals surface area contributed by atoms with Crippen LogP contribution in [0.2, 0.25) is 0 Å². The van der Waals surface area contributed by atoms with Gasteiger partial charge in [-0.2, -0.15) is 5.10 Å². The number of aromatic nitrogens is 2. The van der Waals surface area contributed by atoms with Crippen molar-refractivity contribution in [3.05, 3.63) is 41.6 Å². The number of nitrogens with one attached hydrogen (secondary N) is 1. The zero-order valence-electron chi connectivity index (χ0n) is 21.6. The van der Waals surface area contributed by atoms with Crippen molar-refractivity contribution in [2.45, 2.75) is 115 Å². The maximum Gasteiger partial charge on any atom is 0.273 e. The maximum absolute atomic E-state index is 14.0. The van der Waals surface area contributed by atoms with Gasteiger partial charge in [-0.3, -0.25) is 14.3 Å². The molecule has 35 heavy (non-hydrogen) atoms. The first-order chi connectivity index (χ1) is 16.9. The second-order valence-corrected chi connectivity index (χ2v) is 11.4. The van der Waals surface area contributed by atoms with Gasteiger partial charge in [0, 0.05) is 17.6 Å². The van der Waals surface area contributed by atoms with Gasteiger partial charge in [-0.15, -0.1) is 0 Å². The van der Waals surface area contributed by atoms with E-state index >= 15 is 0 Å². The molecule has 2 aliphatic carbocycles. The molecule has 0 saturated heterocycles. The molecule has 2 amide bonds. The lowest BCUT2D eigenvalue weighted by molar-refractivity contribution is -0.136. The van der Waals surface area contributed by atoms with Gasteiger partial charge in [0.1, 0.15) is 11.2 Å². The molecule has 0 spiro atoms. The summed E-state index contributed by atoms with van der Waals surface area (Å²) in [7, 11) is 0. The van der Waals surface area contributed by atoms with Crippen molar-refractivity contribution in [1.29, 1.82) is 0 Å². The monoisotopic (exact) mass is 476 g/mol. The van der Waals surface area contributed by atoms with Gasteiger partial charge >= 0.3 is 0 Å². The van der Waals surface area contributed by atoms with Gasteiger partial charge in [-0.05, 0) is 50.2 Å². The average Bonchev–Trinajstić information content (AvgIpc) is 3.29. The molecule has 2 saturated carbocycles. The Kier molecular flexibility index (Phi) is 6.73. The Morgan fingerprint density at radius 1 is 1.00 bits per heavy atom. The van der Waals surface area contributed by atoms with E-state index in [1.54, 1.807) is 4.68 Å². The second kappa shape index (κ2) is 9.79. The van der Waals surface area contributed by atoms with Crippen molar-refractivity contribution in [2.75, 3.05) is 0 Å². The molecule has 1 atom stereocenters. The van der Waals surface area contributed by atoms with E-state index in [1.807, 2.05) is 17.9 Å². The van der Waals surface area contributed by atoms with E-state index in [0.717, 1.165) is 62.6 Å². The Morgan fingerprint density at radius 3 is 2.26 bits per heavy atom. The summed E-state index contributed by atoms with van der Waals surface area (Å²) in [5.74, 6) is 0.391. The lowest BCUT2D eigenvalue weighted by Crippen LogP contribution is -2.67. The largest absolute Gasteiger partial charge is 0.351 e. The molecule has 2 fully saturated rings. The van der Waals surface area contributed by atoms with Crippen LogP contribution in [-0.2, 0) is 11.3 Å². The molecule has 0 unspecified atom stereocenters. The molecular formula is C29H40N4O2. The van der Waals surface area contributed by atoms with Gasteiger partial charge in [0.25, 0.3) is 5.91 Å². The second-order valence-electron chi connectivity index (χ2n) is 11.4. The summed E-state index contributed by atoms with van der Waals surface area (Å²) in [6.45, 7) is 6.72. The Balaban J connectivity index is 1.48. The number of hydrogen-bond acceptors (Lipinski definition) is 3. The molecule has 1 aromatic carbocycles. The third-order valence-electron chi connectivity index (χ3n) is 8.45. The number of nitrogens with zero attached hydrogens (tertiary/aromatic N) is 3. The minimum atomic E-state index is -0.936. The molecule has 6 heteroatoms. The van der Waals surface area contributed by atoms with Crippen molar-refractivity contribution in [3.63, 3.8) is 0 Å². The van der Waals surface area contributed by atoms with Crippen LogP contribution in [-0.4, -0.2) is 44.1 Å². The zero-order valence-corrected chi connectivity index (χ0v) is 21.6. The van der Waals surface area contributed by atoms with E-state index in [1.165, 1.54) is 18.4 Å². The van der Waals surface area contributed by atoms with Crippen LogP contribution in [0.25, 0.3) is 11.3 Å². The van der Waals surface area contributed by atoms with Gasteiger partial charge in [0.05, 0.1) is 12.2 Å². The third-order valence-corrected chi connectivity index (χ3v) is 8.45. The lowest BCUT2D eigenvalue weighted by atomic mass is 9.86. The van der Waals surface area contributed by atoms with Crippen LogP contribution >= 0.6 is 0 Å². The molecule has 2 aromatic rings. The predicted octanol–water partition coefficient (Wildman–Crippen LogP) is 5.67.